The van der Waals surface area contributed by atoms with Crippen molar-refractivity contribution in [1.29, 1.82) is 0 Å². The molecule has 1 spiro atoms. The Morgan fingerprint density at radius 1 is 1.30 bits per heavy atom. The fourth-order valence-corrected chi connectivity index (χ4v) is 7.51. The number of hydrogen-bond donors (Lipinski definition) is 3. The van der Waals surface area contributed by atoms with Gasteiger partial charge in [-0.2, -0.15) is 0 Å². The Kier molecular flexibility index (Phi) is 5.15. The minimum Gasteiger partial charge on any atom is -0.438 e. The van der Waals surface area contributed by atoms with Gasteiger partial charge in [0.15, 0.2) is 17.5 Å². The van der Waals surface area contributed by atoms with Crippen LogP contribution < -0.4 is 0 Å². The van der Waals surface area contributed by atoms with Crippen LogP contribution >= 0.6 is 0 Å². The molecule has 0 aromatic rings. The van der Waals surface area contributed by atoms with E-state index >= 15 is 0 Å². The summed E-state index contributed by atoms with van der Waals surface area (Å²) in [6.45, 7) is 9.06. The number of fused-ring (bicyclic) bond motifs is 3. The Labute approximate surface area is 194 Å². The lowest BCUT2D eigenvalue weighted by atomic mass is 9.59. The summed E-state index contributed by atoms with van der Waals surface area (Å²) in [5, 5.41) is 34.0. The van der Waals surface area contributed by atoms with Crippen LogP contribution in [0.5, 0.6) is 0 Å². The second-order valence-corrected chi connectivity index (χ2v) is 11.2. The smallest absolute Gasteiger partial charge is 0.410 e. The summed E-state index contributed by atoms with van der Waals surface area (Å²) < 4.78 is 11.2. The van der Waals surface area contributed by atoms with E-state index in [9.17, 15) is 24.9 Å². The first-order valence-electron chi connectivity index (χ1n) is 12.0. The van der Waals surface area contributed by atoms with E-state index in [0.29, 0.717) is 37.8 Å². The summed E-state index contributed by atoms with van der Waals surface area (Å²) in [7, 11) is 0. The third-order valence-corrected chi connectivity index (χ3v) is 9.38. The summed E-state index contributed by atoms with van der Waals surface area (Å²) in [5.74, 6) is -0.551. The quantitative estimate of drug-likeness (QED) is 0.531. The van der Waals surface area contributed by atoms with E-state index in [-0.39, 0.29) is 28.6 Å². The third-order valence-electron chi connectivity index (χ3n) is 9.38. The number of ether oxygens (including phenoxy) is 2. The van der Waals surface area contributed by atoms with Crippen molar-refractivity contribution >= 4 is 11.9 Å². The van der Waals surface area contributed by atoms with Gasteiger partial charge in [0.05, 0.1) is 25.2 Å². The van der Waals surface area contributed by atoms with Crippen LogP contribution in [0.25, 0.3) is 0 Å². The van der Waals surface area contributed by atoms with Crippen LogP contribution in [0.2, 0.25) is 0 Å². The Hall–Kier alpha value is -1.74. The monoisotopic (exact) mass is 461 g/mol. The molecule has 33 heavy (non-hydrogen) atoms. The molecule has 0 aromatic heterocycles. The van der Waals surface area contributed by atoms with Gasteiger partial charge < -0.3 is 29.7 Å². The average Bonchev–Trinajstić information content (AvgIpc) is 3.28. The highest BCUT2D eigenvalue weighted by Crippen LogP contribution is 2.71. The Morgan fingerprint density at radius 2 is 1.97 bits per heavy atom. The number of aliphatic hydroxyl groups is 3. The zero-order valence-corrected chi connectivity index (χ0v) is 19.8. The van der Waals surface area contributed by atoms with E-state index in [4.69, 9.17) is 9.47 Å². The topological polar surface area (TPSA) is 117 Å². The van der Waals surface area contributed by atoms with Crippen molar-refractivity contribution in [2.24, 2.45) is 34.5 Å². The Morgan fingerprint density at radius 3 is 2.61 bits per heavy atom. The van der Waals surface area contributed by atoms with Crippen LogP contribution in [0.15, 0.2) is 23.3 Å². The number of carbonyl (C=O) groups excluding carboxylic acids is 2. The molecule has 5 aliphatic rings. The first-order chi connectivity index (χ1) is 15.5. The van der Waals surface area contributed by atoms with E-state index in [1.807, 2.05) is 6.92 Å². The van der Waals surface area contributed by atoms with Gasteiger partial charge in [-0.3, -0.25) is 4.79 Å². The molecule has 0 aromatic carbocycles. The fourth-order valence-electron chi connectivity index (χ4n) is 7.51. The molecule has 0 unspecified atom stereocenters. The minimum atomic E-state index is -2.10. The van der Waals surface area contributed by atoms with E-state index < -0.39 is 41.8 Å². The highest BCUT2D eigenvalue weighted by molar-refractivity contribution is 5.95. The van der Waals surface area contributed by atoms with Crippen molar-refractivity contribution < 1.29 is 34.4 Å². The van der Waals surface area contributed by atoms with Gasteiger partial charge in [-0.05, 0) is 47.7 Å². The first-order valence-corrected chi connectivity index (χ1v) is 12.0. The molecular formula is C25H35NO7. The SMILES string of the molecule is CC1=C[C@]23C(=O)[C@@H](C=C(CO)[C@@H](O)[C@]2(O)[C@H]1OC(=O)N1CCOCC1)[C@H]1[C@@H](C[C@H]3C)C1(C)C. The second-order valence-electron chi connectivity index (χ2n) is 11.2. The predicted octanol–water partition coefficient (Wildman–Crippen LogP) is 1.29. The van der Waals surface area contributed by atoms with Crippen LogP contribution in [0, 0.1) is 34.5 Å². The molecule has 4 aliphatic carbocycles. The van der Waals surface area contributed by atoms with E-state index in [0.717, 1.165) is 6.42 Å². The molecule has 8 heteroatoms. The van der Waals surface area contributed by atoms with Crippen molar-refractivity contribution in [2.75, 3.05) is 32.9 Å². The zero-order chi connectivity index (χ0) is 23.9. The van der Waals surface area contributed by atoms with Gasteiger partial charge in [0.25, 0.3) is 0 Å². The number of morpholine rings is 1. The van der Waals surface area contributed by atoms with Gasteiger partial charge in [0.1, 0.15) is 6.10 Å². The minimum absolute atomic E-state index is 0.0275. The van der Waals surface area contributed by atoms with Crippen LogP contribution in [0.1, 0.15) is 34.1 Å². The van der Waals surface area contributed by atoms with Gasteiger partial charge in [-0.15, -0.1) is 0 Å². The zero-order valence-electron chi connectivity index (χ0n) is 19.8. The normalized spacial score (nSPS) is 45.8. The predicted molar refractivity (Wildman–Crippen MR) is 118 cm³/mol. The lowest BCUT2D eigenvalue weighted by Gasteiger charge is -2.49. The fraction of sp³-hybridized carbons (Fsp3) is 0.760. The molecule has 5 rings (SSSR count). The van der Waals surface area contributed by atoms with Crippen LogP contribution in [-0.2, 0) is 14.3 Å². The lowest BCUT2D eigenvalue weighted by molar-refractivity contribution is -0.191. The average molecular weight is 462 g/mol. The van der Waals surface area contributed by atoms with Gasteiger partial charge in [0, 0.05) is 19.0 Å². The number of rotatable bonds is 2. The molecule has 1 heterocycles. The summed E-state index contributed by atoms with van der Waals surface area (Å²) in [4.78, 5) is 28.8. The second kappa shape index (κ2) is 7.38. The van der Waals surface area contributed by atoms with Gasteiger partial charge in [0.2, 0.25) is 0 Å². The molecule has 3 N–H and O–H groups in total. The summed E-state index contributed by atoms with van der Waals surface area (Å²) in [6, 6.07) is 0. The maximum Gasteiger partial charge on any atom is 0.410 e. The largest absolute Gasteiger partial charge is 0.438 e. The highest BCUT2D eigenvalue weighted by atomic mass is 16.6. The number of amides is 1. The molecular weight excluding hydrogens is 426 g/mol. The number of Topliss-reactive ketones (excluding diaryl/α,β-unsaturated/α-hetero) is 1. The molecule has 1 amide bonds. The molecule has 1 aliphatic heterocycles. The van der Waals surface area contributed by atoms with Crippen LogP contribution in [0.4, 0.5) is 4.79 Å². The molecule has 182 valence electrons. The number of nitrogens with zero attached hydrogens (tertiary/aromatic N) is 1. The third kappa shape index (κ3) is 2.84. The molecule has 8 atom stereocenters. The molecule has 8 nitrogen and oxygen atoms in total. The van der Waals surface area contributed by atoms with Crippen molar-refractivity contribution in [1.82, 2.24) is 4.90 Å². The highest BCUT2D eigenvalue weighted by Gasteiger charge is 2.76. The summed E-state index contributed by atoms with van der Waals surface area (Å²) in [6.07, 6.45) is 0.796. The Balaban J connectivity index is 1.60. The number of aliphatic hydroxyl groups excluding tert-OH is 2. The van der Waals surface area contributed by atoms with E-state index in [1.54, 1.807) is 19.1 Å². The summed E-state index contributed by atoms with van der Waals surface area (Å²) in [5.41, 5.74) is -2.77. The van der Waals surface area contributed by atoms with Gasteiger partial charge in [-0.25, -0.2) is 4.79 Å². The number of allylic oxidation sites excluding steroid dienone is 1. The number of carbonyl (C=O) groups is 2. The number of hydrogen-bond acceptors (Lipinski definition) is 7. The number of ketones is 1. The van der Waals surface area contributed by atoms with Crippen molar-refractivity contribution in [3.63, 3.8) is 0 Å². The van der Waals surface area contributed by atoms with Crippen molar-refractivity contribution in [3.8, 4) is 0 Å². The summed E-state index contributed by atoms with van der Waals surface area (Å²) >= 11 is 0. The molecule has 1 saturated heterocycles. The lowest BCUT2D eigenvalue weighted by Crippen LogP contribution is -2.66. The molecule has 2 saturated carbocycles. The molecule has 2 bridgehead atoms. The van der Waals surface area contributed by atoms with Gasteiger partial charge >= 0.3 is 6.09 Å². The molecule has 3 fully saturated rings. The van der Waals surface area contributed by atoms with Crippen molar-refractivity contribution in [2.45, 2.75) is 51.9 Å². The van der Waals surface area contributed by atoms with Crippen LogP contribution in [-0.4, -0.2) is 82.8 Å². The van der Waals surface area contributed by atoms with Crippen molar-refractivity contribution in [3.05, 3.63) is 23.3 Å². The molecule has 0 radical (unpaired) electrons. The first kappa shape index (κ1) is 23.0. The maximum atomic E-state index is 14.3. The van der Waals surface area contributed by atoms with Gasteiger partial charge in [-0.1, -0.05) is 32.9 Å². The standard InChI is InChI=1S/C25H35NO7/c1-13-11-24-14(2)9-17-18(23(17,3)4)16(20(24)29)10-15(12-27)19(28)25(24,31)21(13)33-22(30)26-5-7-32-8-6-26/h10-11,14,16-19,21,27-28,31H,5-9,12H2,1-4H3/t14-,16+,17-,18+,19-,21+,24+,25+/m1/s1. The Bertz CT molecular complexity index is 935. The van der Waals surface area contributed by atoms with Crippen LogP contribution in [0.3, 0.4) is 0 Å². The van der Waals surface area contributed by atoms with E-state index in [2.05, 4.69) is 13.8 Å². The maximum absolute atomic E-state index is 14.3. The van der Waals surface area contributed by atoms with E-state index in [1.165, 1.54) is 4.90 Å².